The minimum absolute atomic E-state index is 0.524. The molecule has 0 aromatic heterocycles. The Morgan fingerprint density at radius 2 is 1.67 bits per heavy atom. The van der Waals surface area contributed by atoms with Gasteiger partial charge in [-0.3, -0.25) is 9.59 Å². The van der Waals surface area contributed by atoms with Crippen LogP contribution >= 0.6 is 15.9 Å². The fraction of sp³-hybridized carbons (Fsp3) is 0.111. The molecule has 0 fully saturated rings. The van der Waals surface area contributed by atoms with Crippen LogP contribution in [0.15, 0.2) is 18.2 Å². The zero-order valence-corrected chi connectivity index (χ0v) is 7.87. The molecule has 0 aliphatic heterocycles. The highest BCUT2D eigenvalue weighted by atomic mass is 79.9. The summed E-state index contributed by atoms with van der Waals surface area (Å²) in [6.45, 7) is 0. The monoisotopic (exact) mass is 226 g/mol. The van der Waals surface area contributed by atoms with Crippen LogP contribution in [0, 0.1) is 0 Å². The van der Waals surface area contributed by atoms with E-state index in [1.165, 1.54) is 0 Å². The van der Waals surface area contributed by atoms with Gasteiger partial charge in [-0.25, -0.2) is 0 Å². The maximum atomic E-state index is 10.5. The van der Waals surface area contributed by atoms with E-state index in [1.807, 2.05) is 0 Å². The number of rotatable bonds is 3. The number of halogens is 1. The molecule has 0 unspecified atom stereocenters. The minimum Gasteiger partial charge on any atom is -0.298 e. The summed E-state index contributed by atoms with van der Waals surface area (Å²) in [5, 5.41) is 0.524. The smallest absolute Gasteiger partial charge is 0.150 e. The van der Waals surface area contributed by atoms with Gasteiger partial charge in [0.2, 0.25) is 0 Å². The largest absolute Gasteiger partial charge is 0.298 e. The molecule has 0 aliphatic carbocycles. The quantitative estimate of drug-likeness (QED) is 0.585. The molecule has 3 heteroatoms. The summed E-state index contributed by atoms with van der Waals surface area (Å²) in [6, 6.07) is 5.08. The van der Waals surface area contributed by atoms with Crippen LogP contribution in [0.25, 0.3) is 0 Å². The number of aldehydes is 2. The van der Waals surface area contributed by atoms with Crippen molar-refractivity contribution in [1.29, 1.82) is 0 Å². The highest BCUT2D eigenvalue weighted by molar-refractivity contribution is 9.08. The molecule has 1 aromatic carbocycles. The number of hydrogen-bond donors (Lipinski definition) is 0. The SMILES string of the molecule is O=Cc1cccc(C=O)c1CBr. The third-order valence-electron chi connectivity index (χ3n) is 1.64. The topological polar surface area (TPSA) is 34.1 Å². The van der Waals surface area contributed by atoms with Gasteiger partial charge in [-0.1, -0.05) is 34.1 Å². The van der Waals surface area contributed by atoms with Crippen molar-refractivity contribution >= 4 is 28.5 Å². The predicted molar refractivity (Wildman–Crippen MR) is 49.8 cm³/mol. The molecule has 1 aromatic rings. The molecule has 0 amide bonds. The molecule has 0 saturated heterocycles. The molecule has 1 rings (SSSR count). The van der Waals surface area contributed by atoms with Crippen LogP contribution in [0.3, 0.4) is 0 Å². The molecule has 0 spiro atoms. The molecule has 0 atom stereocenters. The number of hydrogen-bond acceptors (Lipinski definition) is 2. The van der Waals surface area contributed by atoms with E-state index in [0.717, 1.165) is 18.1 Å². The standard InChI is InChI=1S/C9H7BrO2/c10-4-9-7(5-11)2-1-3-8(9)6-12/h1-3,5-6H,4H2. The van der Waals surface area contributed by atoms with Gasteiger partial charge in [-0.15, -0.1) is 0 Å². The van der Waals surface area contributed by atoms with E-state index < -0.39 is 0 Å². The van der Waals surface area contributed by atoms with Crippen molar-refractivity contribution in [1.82, 2.24) is 0 Å². The fourth-order valence-corrected chi connectivity index (χ4v) is 1.65. The lowest BCUT2D eigenvalue weighted by molar-refractivity contribution is 0.112. The molecular weight excluding hydrogens is 220 g/mol. The second-order valence-corrected chi connectivity index (χ2v) is 2.85. The Bertz CT molecular complexity index is 281. The van der Waals surface area contributed by atoms with Crippen LogP contribution in [0.2, 0.25) is 0 Å². The molecule has 0 radical (unpaired) electrons. The average Bonchev–Trinajstić information content (AvgIpc) is 2.16. The van der Waals surface area contributed by atoms with E-state index in [9.17, 15) is 9.59 Å². The van der Waals surface area contributed by atoms with Crippen molar-refractivity contribution in [3.63, 3.8) is 0 Å². The van der Waals surface area contributed by atoms with Crippen molar-refractivity contribution in [2.24, 2.45) is 0 Å². The molecular formula is C9H7BrO2. The number of carbonyl (C=O) groups is 2. The van der Waals surface area contributed by atoms with Gasteiger partial charge in [0.15, 0.2) is 0 Å². The van der Waals surface area contributed by atoms with Crippen LogP contribution in [0.5, 0.6) is 0 Å². The molecule has 12 heavy (non-hydrogen) atoms. The summed E-state index contributed by atoms with van der Waals surface area (Å²) in [5.74, 6) is 0. The van der Waals surface area contributed by atoms with Gasteiger partial charge in [0.25, 0.3) is 0 Å². The van der Waals surface area contributed by atoms with Crippen LogP contribution < -0.4 is 0 Å². The third-order valence-corrected chi connectivity index (χ3v) is 2.20. The Morgan fingerprint density at radius 1 is 1.17 bits per heavy atom. The molecule has 0 N–H and O–H groups in total. The molecule has 0 bridgehead atoms. The summed E-state index contributed by atoms with van der Waals surface area (Å²) in [7, 11) is 0. The Hall–Kier alpha value is -0.960. The first kappa shape index (κ1) is 9.13. The Kier molecular flexibility index (Phi) is 3.17. The zero-order valence-electron chi connectivity index (χ0n) is 6.29. The van der Waals surface area contributed by atoms with Gasteiger partial charge < -0.3 is 0 Å². The van der Waals surface area contributed by atoms with E-state index >= 15 is 0 Å². The molecule has 0 aliphatic rings. The molecule has 0 heterocycles. The summed E-state index contributed by atoms with van der Waals surface area (Å²) < 4.78 is 0. The van der Waals surface area contributed by atoms with Crippen LogP contribution in [0.1, 0.15) is 26.3 Å². The van der Waals surface area contributed by atoms with Gasteiger partial charge in [-0.05, 0) is 5.56 Å². The van der Waals surface area contributed by atoms with E-state index in [4.69, 9.17) is 0 Å². The van der Waals surface area contributed by atoms with Crippen molar-refractivity contribution in [2.45, 2.75) is 5.33 Å². The number of benzene rings is 1. The van der Waals surface area contributed by atoms with E-state index in [-0.39, 0.29) is 0 Å². The molecule has 2 nitrogen and oxygen atoms in total. The van der Waals surface area contributed by atoms with Crippen molar-refractivity contribution in [3.8, 4) is 0 Å². The normalized spacial score (nSPS) is 9.42. The highest BCUT2D eigenvalue weighted by Gasteiger charge is 2.04. The lowest BCUT2D eigenvalue weighted by Crippen LogP contribution is -1.95. The Balaban J connectivity index is 3.30. The van der Waals surface area contributed by atoms with Crippen LogP contribution in [-0.4, -0.2) is 12.6 Å². The van der Waals surface area contributed by atoms with E-state index in [1.54, 1.807) is 18.2 Å². The second kappa shape index (κ2) is 4.16. The van der Waals surface area contributed by atoms with Crippen LogP contribution in [-0.2, 0) is 5.33 Å². The first-order valence-electron chi connectivity index (χ1n) is 3.41. The lowest BCUT2D eigenvalue weighted by Gasteiger charge is -2.02. The van der Waals surface area contributed by atoms with Crippen molar-refractivity contribution in [2.75, 3.05) is 0 Å². The Labute approximate surface area is 78.7 Å². The zero-order chi connectivity index (χ0) is 8.97. The maximum absolute atomic E-state index is 10.5. The van der Waals surface area contributed by atoms with Crippen molar-refractivity contribution < 1.29 is 9.59 Å². The summed E-state index contributed by atoms with van der Waals surface area (Å²) in [4.78, 5) is 21.0. The first-order valence-corrected chi connectivity index (χ1v) is 4.54. The van der Waals surface area contributed by atoms with Gasteiger partial charge in [0.05, 0.1) is 0 Å². The predicted octanol–water partition coefficient (Wildman–Crippen LogP) is 2.21. The molecule has 0 saturated carbocycles. The van der Waals surface area contributed by atoms with Gasteiger partial charge in [-0.2, -0.15) is 0 Å². The average molecular weight is 227 g/mol. The van der Waals surface area contributed by atoms with E-state index in [2.05, 4.69) is 15.9 Å². The minimum atomic E-state index is 0.524. The van der Waals surface area contributed by atoms with E-state index in [0.29, 0.717) is 16.5 Å². The number of alkyl halides is 1. The Morgan fingerprint density at radius 3 is 2.00 bits per heavy atom. The van der Waals surface area contributed by atoms with Crippen LogP contribution in [0.4, 0.5) is 0 Å². The fourth-order valence-electron chi connectivity index (χ4n) is 0.998. The van der Waals surface area contributed by atoms with Gasteiger partial charge in [0.1, 0.15) is 12.6 Å². The lowest BCUT2D eigenvalue weighted by atomic mass is 10.0. The second-order valence-electron chi connectivity index (χ2n) is 2.28. The summed E-state index contributed by atoms with van der Waals surface area (Å²) in [5.41, 5.74) is 1.88. The summed E-state index contributed by atoms with van der Waals surface area (Å²) >= 11 is 3.22. The first-order chi connectivity index (χ1) is 5.83. The summed E-state index contributed by atoms with van der Waals surface area (Å²) in [6.07, 6.45) is 1.51. The molecule has 62 valence electrons. The number of carbonyl (C=O) groups excluding carboxylic acids is 2. The van der Waals surface area contributed by atoms with Crippen molar-refractivity contribution in [3.05, 3.63) is 34.9 Å². The third kappa shape index (κ3) is 1.61. The van der Waals surface area contributed by atoms with Gasteiger partial charge in [0, 0.05) is 16.5 Å². The maximum Gasteiger partial charge on any atom is 0.150 e. The van der Waals surface area contributed by atoms with Gasteiger partial charge >= 0.3 is 0 Å². The highest BCUT2D eigenvalue weighted by Crippen LogP contribution is 2.14.